The van der Waals surface area contributed by atoms with Gasteiger partial charge < -0.3 is 10.2 Å². The lowest BCUT2D eigenvalue weighted by atomic mass is 10.1. The molecule has 1 aromatic rings. The summed E-state index contributed by atoms with van der Waals surface area (Å²) in [6, 6.07) is 0.594. The van der Waals surface area contributed by atoms with Crippen molar-refractivity contribution in [3.63, 3.8) is 0 Å². The Hall–Kier alpha value is -1.32. The van der Waals surface area contributed by atoms with E-state index in [0.29, 0.717) is 16.4 Å². The smallest absolute Gasteiger partial charge is 0.284 e. The zero-order valence-corrected chi connectivity index (χ0v) is 14.1. The first-order valence-electron chi connectivity index (χ1n) is 7.20. The Bertz CT molecular complexity index is 590. The molecule has 0 radical (unpaired) electrons. The fourth-order valence-electron chi connectivity index (χ4n) is 2.54. The van der Waals surface area contributed by atoms with E-state index in [9.17, 15) is 4.79 Å². The molecule has 2 rings (SSSR count). The van der Waals surface area contributed by atoms with Crippen LogP contribution in [-0.2, 0) is 6.54 Å². The van der Waals surface area contributed by atoms with Gasteiger partial charge in [0.15, 0.2) is 0 Å². The predicted molar refractivity (Wildman–Crippen MR) is 88.3 cm³/mol. The van der Waals surface area contributed by atoms with E-state index in [1.807, 2.05) is 0 Å². The van der Waals surface area contributed by atoms with Crippen molar-refractivity contribution < 1.29 is 0 Å². The van der Waals surface area contributed by atoms with Crippen LogP contribution in [0.2, 0.25) is 0 Å². The van der Waals surface area contributed by atoms with Crippen molar-refractivity contribution in [3.8, 4) is 12.3 Å². The summed E-state index contributed by atoms with van der Waals surface area (Å²) in [5, 5.41) is 7.40. The number of anilines is 1. The highest BCUT2D eigenvalue weighted by atomic mass is 79.9. The molecule has 0 spiro atoms. The molecule has 1 unspecified atom stereocenters. The largest absolute Gasteiger partial charge is 0.382 e. The molecule has 1 aromatic heterocycles. The molecule has 1 fully saturated rings. The molecule has 6 heteroatoms. The number of likely N-dealkylation sites (tertiary alicyclic amines) is 1. The molecule has 1 N–H and O–H groups in total. The summed E-state index contributed by atoms with van der Waals surface area (Å²) >= 11 is 3.33. The second-order valence-corrected chi connectivity index (χ2v) is 6.46. The normalized spacial score (nSPS) is 18.9. The van der Waals surface area contributed by atoms with Crippen LogP contribution in [0, 0.1) is 18.3 Å². The molecular weight excluding hydrogens is 332 g/mol. The lowest BCUT2D eigenvalue weighted by molar-refractivity contribution is 0.266. The Morgan fingerprint density at radius 1 is 1.62 bits per heavy atom. The fourth-order valence-corrected chi connectivity index (χ4v) is 2.99. The van der Waals surface area contributed by atoms with Crippen LogP contribution in [-0.4, -0.2) is 40.4 Å². The van der Waals surface area contributed by atoms with Crippen LogP contribution in [0.1, 0.15) is 20.3 Å². The number of aromatic nitrogens is 2. The second kappa shape index (κ2) is 7.10. The maximum absolute atomic E-state index is 12.0. The Morgan fingerprint density at radius 2 is 2.38 bits per heavy atom. The predicted octanol–water partition coefficient (Wildman–Crippen LogP) is 1.78. The number of terminal acetylenes is 1. The Kier molecular flexibility index (Phi) is 5.43. The molecule has 0 aromatic carbocycles. The second-order valence-electron chi connectivity index (χ2n) is 5.66. The number of nitrogens with zero attached hydrogens (tertiary/aromatic N) is 3. The third-order valence-electron chi connectivity index (χ3n) is 3.85. The SMILES string of the molecule is C#CCn1ncc(NCC2CCN(C(C)C)C2)c(Br)c1=O. The lowest BCUT2D eigenvalue weighted by Crippen LogP contribution is -2.29. The summed E-state index contributed by atoms with van der Waals surface area (Å²) in [6.07, 6.45) is 8.05. The van der Waals surface area contributed by atoms with Crippen LogP contribution >= 0.6 is 15.9 Å². The van der Waals surface area contributed by atoms with Gasteiger partial charge in [0.2, 0.25) is 0 Å². The minimum absolute atomic E-state index is 0.184. The summed E-state index contributed by atoms with van der Waals surface area (Å²) in [5.41, 5.74) is 0.532. The number of hydrogen-bond acceptors (Lipinski definition) is 4. The van der Waals surface area contributed by atoms with Gasteiger partial charge in [-0.1, -0.05) is 5.92 Å². The highest BCUT2D eigenvalue weighted by Gasteiger charge is 2.24. The van der Waals surface area contributed by atoms with E-state index in [4.69, 9.17) is 6.42 Å². The number of nitrogens with one attached hydrogen (secondary N) is 1. The number of rotatable bonds is 5. The van der Waals surface area contributed by atoms with Crippen molar-refractivity contribution in [2.45, 2.75) is 32.9 Å². The topological polar surface area (TPSA) is 50.2 Å². The molecule has 1 aliphatic heterocycles. The van der Waals surface area contributed by atoms with Crippen molar-refractivity contribution in [1.82, 2.24) is 14.7 Å². The van der Waals surface area contributed by atoms with Gasteiger partial charge in [0, 0.05) is 19.1 Å². The van der Waals surface area contributed by atoms with E-state index in [-0.39, 0.29) is 12.1 Å². The van der Waals surface area contributed by atoms with Crippen molar-refractivity contribution in [2.24, 2.45) is 5.92 Å². The first-order valence-corrected chi connectivity index (χ1v) is 7.99. The quantitative estimate of drug-likeness (QED) is 0.820. The summed E-state index contributed by atoms with van der Waals surface area (Å²) in [4.78, 5) is 14.5. The van der Waals surface area contributed by atoms with Crippen molar-refractivity contribution in [2.75, 3.05) is 25.0 Å². The van der Waals surface area contributed by atoms with Gasteiger partial charge in [-0.2, -0.15) is 5.10 Å². The molecule has 5 nitrogen and oxygen atoms in total. The maximum atomic E-state index is 12.0. The van der Waals surface area contributed by atoms with E-state index in [0.717, 1.165) is 25.3 Å². The fraction of sp³-hybridized carbons (Fsp3) is 0.600. The van der Waals surface area contributed by atoms with Gasteiger partial charge in [-0.05, 0) is 48.7 Å². The molecular formula is C15H21BrN4O. The monoisotopic (exact) mass is 352 g/mol. The molecule has 114 valence electrons. The van der Waals surface area contributed by atoms with E-state index >= 15 is 0 Å². The highest BCUT2D eigenvalue weighted by Crippen LogP contribution is 2.21. The molecule has 0 aliphatic carbocycles. The summed E-state index contributed by atoms with van der Waals surface area (Å²) in [7, 11) is 0. The first kappa shape index (κ1) is 16.1. The Labute approximate surface area is 133 Å². The summed E-state index contributed by atoms with van der Waals surface area (Å²) < 4.78 is 1.76. The van der Waals surface area contributed by atoms with Gasteiger partial charge in [-0.25, -0.2) is 4.68 Å². The maximum Gasteiger partial charge on any atom is 0.284 e. The van der Waals surface area contributed by atoms with E-state index < -0.39 is 0 Å². The van der Waals surface area contributed by atoms with Crippen LogP contribution in [0.4, 0.5) is 5.69 Å². The van der Waals surface area contributed by atoms with Crippen LogP contribution in [0.5, 0.6) is 0 Å². The van der Waals surface area contributed by atoms with Gasteiger partial charge in [-0.15, -0.1) is 6.42 Å². The molecule has 21 heavy (non-hydrogen) atoms. The van der Waals surface area contributed by atoms with Crippen molar-refractivity contribution in [1.29, 1.82) is 0 Å². The van der Waals surface area contributed by atoms with Gasteiger partial charge in [0.05, 0.1) is 11.9 Å². The van der Waals surface area contributed by atoms with E-state index in [1.54, 1.807) is 6.20 Å². The van der Waals surface area contributed by atoms with Crippen LogP contribution in [0.15, 0.2) is 15.5 Å². The molecule has 1 aliphatic rings. The zero-order valence-electron chi connectivity index (χ0n) is 12.5. The minimum atomic E-state index is -0.201. The summed E-state index contributed by atoms with van der Waals surface area (Å²) in [5.74, 6) is 3.02. The molecule has 0 amide bonds. The Balaban J connectivity index is 1.97. The van der Waals surface area contributed by atoms with Gasteiger partial charge >= 0.3 is 0 Å². The standard InChI is InChI=1S/C15H21BrN4O/c1-4-6-20-15(21)14(16)13(9-18-20)17-8-12-5-7-19(10-12)11(2)3/h1,9,11-12,17H,5-8,10H2,2-3H3. The van der Waals surface area contributed by atoms with Crippen LogP contribution in [0.3, 0.4) is 0 Å². The van der Waals surface area contributed by atoms with Gasteiger partial charge in [0.25, 0.3) is 5.56 Å². The molecule has 1 atom stereocenters. The average Bonchev–Trinajstić information content (AvgIpc) is 2.92. The van der Waals surface area contributed by atoms with E-state index in [2.05, 4.69) is 51.0 Å². The van der Waals surface area contributed by atoms with E-state index in [1.165, 1.54) is 11.1 Å². The third kappa shape index (κ3) is 3.86. The van der Waals surface area contributed by atoms with Gasteiger partial charge in [-0.3, -0.25) is 4.79 Å². The molecule has 0 bridgehead atoms. The molecule has 2 heterocycles. The van der Waals surface area contributed by atoms with Crippen molar-refractivity contribution >= 4 is 21.6 Å². The van der Waals surface area contributed by atoms with Crippen molar-refractivity contribution in [3.05, 3.63) is 21.0 Å². The van der Waals surface area contributed by atoms with Crippen LogP contribution < -0.4 is 10.9 Å². The lowest BCUT2D eigenvalue weighted by Gasteiger charge is -2.20. The Morgan fingerprint density at radius 3 is 3.00 bits per heavy atom. The molecule has 0 saturated carbocycles. The first-order chi connectivity index (χ1) is 10.0. The average molecular weight is 353 g/mol. The molecule has 1 saturated heterocycles. The summed E-state index contributed by atoms with van der Waals surface area (Å²) in [6.45, 7) is 7.73. The third-order valence-corrected chi connectivity index (χ3v) is 4.62. The minimum Gasteiger partial charge on any atom is -0.382 e. The number of hydrogen-bond donors (Lipinski definition) is 1. The van der Waals surface area contributed by atoms with Crippen LogP contribution in [0.25, 0.3) is 0 Å². The zero-order chi connectivity index (χ0) is 15.4. The van der Waals surface area contributed by atoms with Gasteiger partial charge in [0.1, 0.15) is 11.0 Å². The number of halogens is 1. The highest BCUT2D eigenvalue weighted by molar-refractivity contribution is 9.10.